The van der Waals surface area contributed by atoms with Gasteiger partial charge in [-0.2, -0.15) is 0 Å². The number of thioether (sulfide) groups is 1. The predicted octanol–water partition coefficient (Wildman–Crippen LogP) is 2.35. The fourth-order valence-corrected chi connectivity index (χ4v) is 3.98. The van der Waals surface area contributed by atoms with Crippen LogP contribution in [0.3, 0.4) is 0 Å². The van der Waals surface area contributed by atoms with Gasteiger partial charge in [-0.25, -0.2) is 0 Å². The number of hydrogen-bond acceptors (Lipinski definition) is 3. The minimum atomic E-state index is -0.797. The third-order valence-electron chi connectivity index (χ3n) is 3.89. The Labute approximate surface area is 139 Å². The van der Waals surface area contributed by atoms with Gasteiger partial charge in [0, 0.05) is 4.90 Å². The number of hydrogen-bond donors (Lipinski definition) is 2. The van der Waals surface area contributed by atoms with Gasteiger partial charge in [-0.3, -0.25) is 9.59 Å². The lowest BCUT2D eigenvalue weighted by atomic mass is 10.0. The van der Waals surface area contributed by atoms with E-state index in [9.17, 15) is 9.59 Å². The number of carbonyl (C=O) groups excluding carboxylic acids is 2. The second kappa shape index (κ2) is 6.46. The van der Waals surface area contributed by atoms with Gasteiger partial charge in [0.1, 0.15) is 6.04 Å². The van der Waals surface area contributed by atoms with E-state index in [0.717, 1.165) is 4.90 Å². The second-order valence-electron chi connectivity index (χ2n) is 5.68. The lowest BCUT2D eigenvalue weighted by Crippen LogP contribution is -2.41. The van der Waals surface area contributed by atoms with Crippen LogP contribution in [0.2, 0.25) is 0 Å². The molecule has 0 radical (unpaired) electrons. The summed E-state index contributed by atoms with van der Waals surface area (Å²) >= 11 is 1.54. The van der Waals surface area contributed by atoms with E-state index in [1.165, 1.54) is 11.1 Å². The number of nitrogens with two attached hydrogens (primary N) is 1. The molecule has 5 heteroatoms. The number of primary amides is 1. The molecule has 1 aliphatic rings. The zero-order valence-corrected chi connectivity index (χ0v) is 13.6. The third kappa shape index (κ3) is 3.40. The van der Waals surface area contributed by atoms with Crippen LogP contribution in [0.25, 0.3) is 0 Å². The first-order chi connectivity index (χ1) is 11.0. The van der Waals surface area contributed by atoms with Crippen LogP contribution in [0.5, 0.6) is 0 Å². The van der Waals surface area contributed by atoms with Gasteiger partial charge in [0.05, 0.1) is 5.25 Å². The van der Waals surface area contributed by atoms with Gasteiger partial charge in [-0.1, -0.05) is 48.0 Å². The Bertz CT molecular complexity index is 746. The van der Waals surface area contributed by atoms with Gasteiger partial charge in [-0.15, -0.1) is 11.8 Å². The number of benzene rings is 2. The number of carbonyl (C=O) groups is 2. The average molecular weight is 326 g/mol. The molecule has 0 aromatic heterocycles. The summed E-state index contributed by atoms with van der Waals surface area (Å²) < 4.78 is 0. The molecule has 0 aliphatic carbocycles. The van der Waals surface area contributed by atoms with Crippen molar-refractivity contribution in [1.29, 1.82) is 0 Å². The Balaban J connectivity index is 1.73. The van der Waals surface area contributed by atoms with E-state index in [1.54, 1.807) is 23.9 Å². The Kier molecular flexibility index (Phi) is 4.39. The topological polar surface area (TPSA) is 72.2 Å². The molecule has 2 atom stereocenters. The number of rotatable bonds is 4. The van der Waals surface area contributed by atoms with Gasteiger partial charge in [0.15, 0.2) is 0 Å². The molecule has 3 rings (SSSR count). The van der Waals surface area contributed by atoms with Crippen molar-refractivity contribution in [2.24, 2.45) is 5.73 Å². The number of aryl methyl sites for hydroxylation is 1. The van der Waals surface area contributed by atoms with Crippen molar-refractivity contribution in [1.82, 2.24) is 5.32 Å². The quantitative estimate of drug-likeness (QED) is 0.906. The van der Waals surface area contributed by atoms with Crippen LogP contribution in [0.1, 0.15) is 22.7 Å². The molecule has 23 heavy (non-hydrogen) atoms. The largest absolute Gasteiger partial charge is 0.368 e. The molecule has 0 spiro atoms. The zero-order valence-electron chi connectivity index (χ0n) is 12.8. The summed E-state index contributed by atoms with van der Waals surface area (Å²) in [6, 6.07) is 14.5. The van der Waals surface area contributed by atoms with Crippen LogP contribution >= 0.6 is 11.8 Å². The van der Waals surface area contributed by atoms with E-state index in [4.69, 9.17) is 5.73 Å². The summed E-state index contributed by atoms with van der Waals surface area (Å²) in [4.78, 5) is 25.4. The minimum absolute atomic E-state index is 0.156. The highest BCUT2D eigenvalue weighted by Crippen LogP contribution is 2.37. The molecular weight excluding hydrogens is 308 g/mol. The van der Waals surface area contributed by atoms with Crippen LogP contribution in [0, 0.1) is 6.92 Å². The van der Waals surface area contributed by atoms with Crippen LogP contribution in [-0.4, -0.2) is 17.1 Å². The van der Waals surface area contributed by atoms with Gasteiger partial charge >= 0.3 is 0 Å². The summed E-state index contributed by atoms with van der Waals surface area (Å²) in [7, 11) is 0. The molecule has 0 saturated carbocycles. The fraction of sp³-hybridized carbons (Fsp3) is 0.222. The summed E-state index contributed by atoms with van der Waals surface area (Å²) in [5, 5.41) is 2.57. The van der Waals surface area contributed by atoms with Crippen molar-refractivity contribution in [3.05, 3.63) is 65.2 Å². The van der Waals surface area contributed by atoms with Gasteiger partial charge in [0.25, 0.3) is 0 Å². The maximum Gasteiger partial charge on any atom is 0.244 e. The number of nitrogens with one attached hydrogen (secondary N) is 1. The molecule has 118 valence electrons. The van der Waals surface area contributed by atoms with E-state index >= 15 is 0 Å². The molecule has 4 nitrogen and oxygen atoms in total. The number of fused-ring (bicyclic) bond motifs is 1. The first-order valence-corrected chi connectivity index (χ1v) is 8.33. The van der Waals surface area contributed by atoms with E-state index in [2.05, 4.69) is 23.5 Å². The molecule has 2 aromatic rings. The zero-order chi connectivity index (χ0) is 16.4. The summed E-state index contributed by atoms with van der Waals surface area (Å²) in [6.07, 6.45) is 0.673. The van der Waals surface area contributed by atoms with Crippen molar-refractivity contribution < 1.29 is 9.59 Å². The molecule has 1 aliphatic heterocycles. The first-order valence-electron chi connectivity index (χ1n) is 7.45. The minimum Gasteiger partial charge on any atom is -0.368 e. The molecular formula is C18H18N2O2S. The Morgan fingerprint density at radius 1 is 1.22 bits per heavy atom. The van der Waals surface area contributed by atoms with Crippen LogP contribution in [-0.2, 0) is 16.0 Å². The Morgan fingerprint density at radius 2 is 1.96 bits per heavy atom. The SMILES string of the molecule is Cc1ccc2c(c1)S[C@@H](C(=O)N[C@@H](C(N)=O)c1ccccc1)C2. The molecule has 2 amide bonds. The molecule has 3 N–H and O–H groups in total. The average Bonchev–Trinajstić information content (AvgIpc) is 2.96. The van der Waals surface area contributed by atoms with E-state index in [1.807, 2.05) is 25.1 Å². The molecule has 1 heterocycles. The monoisotopic (exact) mass is 326 g/mol. The maximum absolute atomic E-state index is 12.5. The highest BCUT2D eigenvalue weighted by molar-refractivity contribution is 8.01. The van der Waals surface area contributed by atoms with Crippen molar-refractivity contribution in [2.45, 2.75) is 29.5 Å². The molecule has 0 bridgehead atoms. The molecule has 0 saturated heterocycles. The second-order valence-corrected chi connectivity index (χ2v) is 6.92. The van der Waals surface area contributed by atoms with Crippen molar-refractivity contribution in [3.63, 3.8) is 0 Å². The molecule has 2 aromatic carbocycles. The summed E-state index contributed by atoms with van der Waals surface area (Å²) in [5.41, 5.74) is 8.51. The third-order valence-corrected chi connectivity index (χ3v) is 5.19. The normalized spacial score (nSPS) is 17.3. The molecule has 0 unspecified atom stereocenters. The first kappa shape index (κ1) is 15.6. The van der Waals surface area contributed by atoms with Crippen LogP contribution < -0.4 is 11.1 Å². The number of amides is 2. The van der Waals surface area contributed by atoms with Crippen LogP contribution in [0.15, 0.2) is 53.4 Å². The Morgan fingerprint density at radius 3 is 2.65 bits per heavy atom. The van der Waals surface area contributed by atoms with Crippen molar-refractivity contribution in [2.75, 3.05) is 0 Å². The van der Waals surface area contributed by atoms with E-state index < -0.39 is 11.9 Å². The summed E-state index contributed by atoms with van der Waals surface area (Å²) in [6.45, 7) is 2.03. The van der Waals surface area contributed by atoms with Crippen LogP contribution in [0.4, 0.5) is 0 Å². The van der Waals surface area contributed by atoms with Gasteiger partial charge in [0.2, 0.25) is 11.8 Å². The van der Waals surface area contributed by atoms with Crippen molar-refractivity contribution >= 4 is 23.6 Å². The lowest BCUT2D eigenvalue weighted by Gasteiger charge is -2.18. The highest BCUT2D eigenvalue weighted by Gasteiger charge is 2.31. The van der Waals surface area contributed by atoms with Crippen molar-refractivity contribution in [3.8, 4) is 0 Å². The van der Waals surface area contributed by atoms with E-state index in [0.29, 0.717) is 12.0 Å². The van der Waals surface area contributed by atoms with E-state index in [-0.39, 0.29) is 11.2 Å². The summed E-state index contributed by atoms with van der Waals surface area (Å²) in [5.74, 6) is -0.711. The Hall–Kier alpha value is -2.27. The standard InChI is InChI=1S/C18H18N2O2S/c1-11-7-8-13-10-15(23-14(13)9-11)18(22)20-16(17(19)21)12-5-3-2-4-6-12/h2-9,15-16H,10H2,1H3,(H2,19,21)(H,20,22)/t15-,16-/m1/s1. The smallest absolute Gasteiger partial charge is 0.244 e. The fourth-order valence-electron chi connectivity index (χ4n) is 2.68. The molecule has 0 fully saturated rings. The highest BCUT2D eigenvalue weighted by atomic mass is 32.2. The van der Waals surface area contributed by atoms with Gasteiger partial charge in [-0.05, 0) is 30.5 Å². The predicted molar refractivity (Wildman–Crippen MR) is 91.0 cm³/mol. The maximum atomic E-state index is 12.5. The lowest BCUT2D eigenvalue weighted by molar-refractivity contribution is -0.127. The van der Waals surface area contributed by atoms with Gasteiger partial charge < -0.3 is 11.1 Å².